The summed E-state index contributed by atoms with van der Waals surface area (Å²) >= 11 is 15.5. The zero-order valence-corrected chi connectivity index (χ0v) is 12.3. The van der Waals surface area contributed by atoms with E-state index in [0.29, 0.717) is 21.5 Å². The smallest absolute Gasteiger partial charge is 0.137 e. The number of pyridine rings is 1. The molecule has 2 aromatic rings. The number of aromatic nitrogens is 1. The first-order valence-corrected chi connectivity index (χ1v) is 6.86. The first-order chi connectivity index (χ1) is 8.59. The Labute approximate surface area is 123 Å². The van der Waals surface area contributed by atoms with Gasteiger partial charge in [-0.25, -0.2) is 4.39 Å². The van der Waals surface area contributed by atoms with E-state index in [2.05, 4.69) is 20.9 Å². The van der Waals surface area contributed by atoms with Crippen LogP contribution in [0.3, 0.4) is 0 Å². The lowest BCUT2D eigenvalue weighted by Crippen LogP contribution is -1.99. The van der Waals surface area contributed by atoms with Crippen LogP contribution in [0.25, 0.3) is 0 Å². The van der Waals surface area contributed by atoms with Crippen molar-refractivity contribution < 1.29 is 4.39 Å². The number of benzene rings is 1. The molecule has 0 fully saturated rings. The van der Waals surface area contributed by atoms with Crippen molar-refractivity contribution in [2.45, 2.75) is 11.8 Å². The molecule has 1 heterocycles. The normalized spacial score (nSPS) is 12.4. The third-order valence-electron chi connectivity index (χ3n) is 2.57. The van der Waals surface area contributed by atoms with Crippen LogP contribution in [0.4, 0.5) is 4.39 Å². The van der Waals surface area contributed by atoms with Crippen molar-refractivity contribution in [2.24, 2.45) is 0 Å². The Morgan fingerprint density at radius 2 is 2.11 bits per heavy atom. The molecule has 0 saturated heterocycles. The minimum Gasteiger partial charge on any atom is -0.263 e. The Balaban J connectivity index is 2.25. The number of hydrogen-bond donors (Lipinski definition) is 0. The second-order valence-corrected chi connectivity index (χ2v) is 5.51. The van der Waals surface area contributed by atoms with Crippen LogP contribution in [0.15, 0.2) is 41.1 Å². The van der Waals surface area contributed by atoms with Crippen LogP contribution < -0.4 is 0 Å². The maximum atomic E-state index is 13.4. The molecule has 1 aromatic carbocycles. The molecular formula is C13H9BrCl2FN. The van der Waals surface area contributed by atoms with Gasteiger partial charge in [-0.05, 0) is 45.6 Å². The van der Waals surface area contributed by atoms with Crippen LogP contribution in [0.1, 0.15) is 16.5 Å². The molecule has 0 aliphatic rings. The molecule has 0 spiro atoms. The predicted molar refractivity (Wildman–Crippen MR) is 75.6 cm³/mol. The molecule has 0 radical (unpaired) electrons. The number of halogens is 4. The Morgan fingerprint density at radius 3 is 2.83 bits per heavy atom. The van der Waals surface area contributed by atoms with Gasteiger partial charge >= 0.3 is 0 Å². The second kappa shape index (κ2) is 6.00. The standard InChI is InChI=1S/C13H9BrCl2FN/c14-13-9(2-1-3-12(13)17)10(15)6-8-4-5-18-7-11(8)16/h1-5,7,10H,6H2. The molecule has 2 rings (SSSR count). The van der Waals surface area contributed by atoms with Gasteiger partial charge in [0, 0.05) is 12.4 Å². The van der Waals surface area contributed by atoms with Crippen LogP contribution in [0.5, 0.6) is 0 Å². The molecule has 0 amide bonds. The minimum absolute atomic E-state index is 0.320. The summed E-state index contributed by atoms with van der Waals surface area (Å²) in [5.74, 6) is -0.320. The molecule has 0 saturated carbocycles. The maximum absolute atomic E-state index is 13.4. The van der Waals surface area contributed by atoms with Crippen molar-refractivity contribution in [3.05, 3.63) is 63.1 Å². The van der Waals surface area contributed by atoms with Gasteiger partial charge in [0.15, 0.2) is 0 Å². The molecule has 94 valence electrons. The molecule has 0 aliphatic carbocycles. The Kier molecular flexibility index (Phi) is 4.60. The van der Waals surface area contributed by atoms with Crippen LogP contribution in [0, 0.1) is 5.82 Å². The van der Waals surface area contributed by atoms with E-state index in [0.717, 1.165) is 5.56 Å². The number of hydrogen-bond acceptors (Lipinski definition) is 1. The molecular weight excluding hydrogens is 340 g/mol. The minimum atomic E-state index is -0.352. The summed E-state index contributed by atoms with van der Waals surface area (Å²) in [4.78, 5) is 3.91. The van der Waals surface area contributed by atoms with Crippen molar-refractivity contribution in [1.29, 1.82) is 0 Å². The van der Waals surface area contributed by atoms with Gasteiger partial charge in [-0.15, -0.1) is 11.6 Å². The van der Waals surface area contributed by atoms with E-state index < -0.39 is 0 Å². The fourth-order valence-corrected chi connectivity index (χ4v) is 2.85. The average Bonchev–Trinajstić information content (AvgIpc) is 2.35. The molecule has 1 aromatic heterocycles. The molecule has 1 unspecified atom stereocenters. The third-order valence-corrected chi connectivity index (χ3v) is 4.14. The largest absolute Gasteiger partial charge is 0.263 e. The monoisotopic (exact) mass is 347 g/mol. The van der Waals surface area contributed by atoms with Crippen LogP contribution in [-0.2, 0) is 6.42 Å². The number of alkyl halides is 1. The lowest BCUT2D eigenvalue weighted by atomic mass is 10.0. The second-order valence-electron chi connectivity index (χ2n) is 3.78. The highest BCUT2D eigenvalue weighted by Crippen LogP contribution is 2.33. The summed E-state index contributed by atoms with van der Waals surface area (Å²) in [6.07, 6.45) is 3.75. The van der Waals surface area contributed by atoms with E-state index in [1.165, 1.54) is 6.07 Å². The topological polar surface area (TPSA) is 12.9 Å². The molecule has 1 nitrogen and oxygen atoms in total. The van der Waals surface area contributed by atoms with E-state index in [4.69, 9.17) is 23.2 Å². The van der Waals surface area contributed by atoms with E-state index in [1.807, 2.05) is 6.07 Å². The van der Waals surface area contributed by atoms with Crippen molar-refractivity contribution in [3.8, 4) is 0 Å². The van der Waals surface area contributed by atoms with Gasteiger partial charge in [-0.1, -0.05) is 23.7 Å². The van der Waals surface area contributed by atoms with Gasteiger partial charge in [0.2, 0.25) is 0 Å². The summed E-state index contributed by atoms with van der Waals surface area (Å²) in [7, 11) is 0. The Bertz CT molecular complexity index is 562. The highest BCUT2D eigenvalue weighted by Gasteiger charge is 2.16. The molecule has 1 atom stereocenters. The summed E-state index contributed by atoms with van der Waals surface area (Å²) in [6, 6.07) is 6.63. The summed E-state index contributed by atoms with van der Waals surface area (Å²) < 4.78 is 13.8. The van der Waals surface area contributed by atoms with Crippen LogP contribution >= 0.6 is 39.1 Å². The molecule has 0 aliphatic heterocycles. The zero-order chi connectivity index (χ0) is 13.1. The SMILES string of the molecule is Fc1cccc(C(Cl)Cc2ccncc2Cl)c1Br. The van der Waals surface area contributed by atoms with Gasteiger partial charge in [-0.2, -0.15) is 0 Å². The molecule has 18 heavy (non-hydrogen) atoms. The molecule has 5 heteroatoms. The fourth-order valence-electron chi connectivity index (χ4n) is 1.63. The highest BCUT2D eigenvalue weighted by atomic mass is 79.9. The number of rotatable bonds is 3. The predicted octanol–water partition coefficient (Wildman–Crippen LogP) is 5.16. The lowest BCUT2D eigenvalue weighted by Gasteiger charge is -2.13. The fraction of sp³-hybridized carbons (Fsp3) is 0.154. The van der Waals surface area contributed by atoms with Crippen molar-refractivity contribution in [1.82, 2.24) is 4.98 Å². The van der Waals surface area contributed by atoms with Crippen LogP contribution in [-0.4, -0.2) is 4.98 Å². The van der Waals surface area contributed by atoms with Gasteiger partial charge in [0.25, 0.3) is 0 Å². The van der Waals surface area contributed by atoms with Crippen molar-refractivity contribution >= 4 is 39.1 Å². The average molecular weight is 349 g/mol. The maximum Gasteiger partial charge on any atom is 0.137 e. The van der Waals surface area contributed by atoms with Gasteiger partial charge in [0.1, 0.15) is 5.82 Å². The summed E-state index contributed by atoms with van der Waals surface area (Å²) in [5.41, 5.74) is 1.60. The quantitative estimate of drug-likeness (QED) is 0.698. The first-order valence-electron chi connectivity index (χ1n) is 5.26. The lowest BCUT2D eigenvalue weighted by molar-refractivity contribution is 0.617. The molecule has 0 N–H and O–H groups in total. The Hall–Kier alpha value is -0.640. The van der Waals surface area contributed by atoms with Gasteiger partial charge in [0.05, 0.1) is 14.9 Å². The zero-order valence-electron chi connectivity index (χ0n) is 9.21. The first kappa shape index (κ1) is 13.8. The van der Waals surface area contributed by atoms with Crippen LogP contribution in [0.2, 0.25) is 5.02 Å². The summed E-state index contributed by atoms with van der Waals surface area (Å²) in [5, 5.41) is 0.214. The van der Waals surface area contributed by atoms with Crippen molar-refractivity contribution in [2.75, 3.05) is 0 Å². The Morgan fingerprint density at radius 1 is 1.33 bits per heavy atom. The number of nitrogens with zero attached hydrogens (tertiary/aromatic N) is 1. The van der Waals surface area contributed by atoms with E-state index in [9.17, 15) is 4.39 Å². The van der Waals surface area contributed by atoms with E-state index >= 15 is 0 Å². The van der Waals surface area contributed by atoms with Crippen molar-refractivity contribution in [3.63, 3.8) is 0 Å². The van der Waals surface area contributed by atoms with Gasteiger partial charge < -0.3 is 0 Å². The highest BCUT2D eigenvalue weighted by molar-refractivity contribution is 9.10. The van der Waals surface area contributed by atoms with E-state index in [1.54, 1.807) is 24.5 Å². The summed E-state index contributed by atoms with van der Waals surface area (Å²) in [6.45, 7) is 0. The van der Waals surface area contributed by atoms with Gasteiger partial charge in [-0.3, -0.25) is 4.98 Å². The van der Waals surface area contributed by atoms with E-state index in [-0.39, 0.29) is 11.2 Å². The molecule has 0 bridgehead atoms. The third kappa shape index (κ3) is 3.02.